The van der Waals surface area contributed by atoms with Crippen LogP contribution >= 0.6 is 11.8 Å². The van der Waals surface area contributed by atoms with Crippen LogP contribution in [0.5, 0.6) is 0 Å². The first-order valence-electron chi connectivity index (χ1n) is 7.80. The van der Waals surface area contributed by atoms with Gasteiger partial charge in [-0.2, -0.15) is 0 Å². The average molecular weight is 345 g/mol. The van der Waals surface area contributed by atoms with Gasteiger partial charge in [-0.1, -0.05) is 30.0 Å². The maximum absolute atomic E-state index is 11.8. The van der Waals surface area contributed by atoms with Gasteiger partial charge in [-0.25, -0.2) is 0 Å². The smallest absolute Gasteiger partial charge is 0.316 e. The minimum atomic E-state index is -0.284. The second-order valence-electron chi connectivity index (χ2n) is 5.23. The lowest BCUT2D eigenvalue weighted by atomic mass is 10.1. The number of pyridine rings is 1. The third-order valence-electron chi connectivity index (χ3n) is 3.59. The standard InChI is InChI=1S/C17H19N3O3S/c1-3-22-8-9-23-16(21)11-24-17-19-18-15-10-12(2)13-6-4-5-7-14(13)20(15)17/h4-7,10H,3,8-9,11H2,1-2H3. The average Bonchev–Trinajstić information content (AvgIpc) is 3.00. The topological polar surface area (TPSA) is 65.7 Å². The summed E-state index contributed by atoms with van der Waals surface area (Å²) in [5, 5.41) is 10.3. The maximum Gasteiger partial charge on any atom is 0.316 e. The van der Waals surface area contributed by atoms with Crippen molar-refractivity contribution in [2.24, 2.45) is 0 Å². The molecule has 2 heterocycles. The molecule has 1 aromatic carbocycles. The summed E-state index contributed by atoms with van der Waals surface area (Å²) in [6, 6.07) is 10.1. The monoisotopic (exact) mass is 345 g/mol. The Balaban J connectivity index is 1.76. The Bertz CT molecular complexity index is 863. The number of carbonyl (C=O) groups excluding carboxylic acids is 1. The van der Waals surface area contributed by atoms with E-state index in [4.69, 9.17) is 9.47 Å². The fourth-order valence-corrected chi connectivity index (χ4v) is 3.24. The van der Waals surface area contributed by atoms with Crippen molar-refractivity contribution in [3.8, 4) is 0 Å². The molecule has 2 aromatic heterocycles. The number of benzene rings is 1. The lowest BCUT2D eigenvalue weighted by Crippen LogP contribution is -2.12. The summed E-state index contributed by atoms with van der Waals surface area (Å²) in [5.74, 6) is -0.0948. The van der Waals surface area contributed by atoms with Gasteiger partial charge in [-0.05, 0) is 31.5 Å². The molecule has 3 aromatic rings. The Morgan fingerprint density at radius 1 is 1.25 bits per heavy atom. The number of thioether (sulfide) groups is 1. The Hall–Kier alpha value is -2.12. The number of aromatic nitrogens is 3. The van der Waals surface area contributed by atoms with Crippen molar-refractivity contribution in [3.63, 3.8) is 0 Å². The first-order valence-corrected chi connectivity index (χ1v) is 8.79. The van der Waals surface area contributed by atoms with E-state index in [0.29, 0.717) is 18.4 Å². The van der Waals surface area contributed by atoms with Crippen LogP contribution in [0, 0.1) is 6.92 Å². The molecule has 6 nitrogen and oxygen atoms in total. The summed E-state index contributed by atoms with van der Waals surface area (Å²) in [4.78, 5) is 11.8. The van der Waals surface area contributed by atoms with Crippen molar-refractivity contribution >= 4 is 34.3 Å². The van der Waals surface area contributed by atoms with Crippen LogP contribution < -0.4 is 0 Å². The summed E-state index contributed by atoms with van der Waals surface area (Å²) in [7, 11) is 0. The molecule has 0 aliphatic rings. The number of aryl methyl sites for hydroxylation is 1. The van der Waals surface area contributed by atoms with E-state index in [1.54, 1.807) is 0 Å². The molecule has 0 N–H and O–H groups in total. The highest BCUT2D eigenvalue weighted by molar-refractivity contribution is 7.99. The molecule has 0 atom stereocenters. The summed E-state index contributed by atoms with van der Waals surface area (Å²) < 4.78 is 12.2. The summed E-state index contributed by atoms with van der Waals surface area (Å²) in [5.41, 5.74) is 2.96. The van der Waals surface area contributed by atoms with Gasteiger partial charge in [0.05, 0.1) is 17.9 Å². The van der Waals surface area contributed by atoms with Crippen molar-refractivity contribution in [1.82, 2.24) is 14.6 Å². The normalized spacial score (nSPS) is 11.2. The molecule has 0 aliphatic heterocycles. The zero-order valence-electron chi connectivity index (χ0n) is 13.7. The molecular formula is C17H19N3O3S. The van der Waals surface area contributed by atoms with E-state index in [0.717, 1.165) is 22.1 Å². The second-order valence-corrected chi connectivity index (χ2v) is 6.17. The predicted molar refractivity (Wildman–Crippen MR) is 93.4 cm³/mol. The Morgan fingerprint density at radius 3 is 2.92 bits per heavy atom. The number of rotatable bonds is 7. The van der Waals surface area contributed by atoms with E-state index in [9.17, 15) is 4.79 Å². The summed E-state index contributed by atoms with van der Waals surface area (Å²) >= 11 is 1.32. The largest absolute Gasteiger partial charge is 0.463 e. The molecular weight excluding hydrogens is 326 g/mol. The zero-order chi connectivity index (χ0) is 16.9. The van der Waals surface area contributed by atoms with Gasteiger partial charge in [0.25, 0.3) is 0 Å². The molecule has 0 fully saturated rings. The van der Waals surface area contributed by atoms with Gasteiger partial charge in [0.15, 0.2) is 10.8 Å². The van der Waals surface area contributed by atoms with E-state index >= 15 is 0 Å². The van der Waals surface area contributed by atoms with E-state index < -0.39 is 0 Å². The van der Waals surface area contributed by atoms with Crippen LogP contribution in [0.1, 0.15) is 12.5 Å². The minimum absolute atomic E-state index is 0.190. The van der Waals surface area contributed by atoms with E-state index in [-0.39, 0.29) is 18.3 Å². The Kier molecular flexibility index (Phi) is 5.32. The molecule has 0 bridgehead atoms. The molecule has 0 aliphatic carbocycles. The lowest BCUT2D eigenvalue weighted by Gasteiger charge is -2.07. The molecule has 3 rings (SSSR count). The van der Waals surface area contributed by atoms with Gasteiger partial charge in [0.1, 0.15) is 6.61 Å². The maximum atomic E-state index is 11.8. The van der Waals surface area contributed by atoms with Crippen LogP contribution in [0.15, 0.2) is 35.5 Å². The highest BCUT2D eigenvalue weighted by Crippen LogP contribution is 2.25. The molecule has 0 spiro atoms. The number of ether oxygens (including phenoxy) is 2. The quantitative estimate of drug-likeness (QED) is 0.373. The second kappa shape index (κ2) is 7.63. The van der Waals surface area contributed by atoms with Crippen LogP contribution in [0.4, 0.5) is 0 Å². The third-order valence-corrected chi connectivity index (χ3v) is 4.49. The minimum Gasteiger partial charge on any atom is -0.463 e. The summed E-state index contributed by atoms with van der Waals surface area (Å²) in [6.07, 6.45) is 0. The number of carbonyl (C=O) groups is 1. The fraction of sp³-hybridized carbons (Fsp3) is 0.353. The van der Waals surface area contributed by atoms with Crippen molar-refractivity contribution < 1.29 is 14.3 Å². The van der Waals surface area contributed by atoms with Gasteiger partial charge < -0.3 is 9.47 Å². The van der Waals surface area contributed by atoms with Crippen molar-refractivity contribution in [3.05, 3.63) is 35.9 Å². The van der Waals surface area contributed by atoms with Gasteiger partial charge in [-0.3, -0.25) is 9.20 Å². The lowest BCUT2D eigenvalue weighted by molar-refractivity contribution is -0.141. The number of hydrogen-bond acceptors (Lipinski definition) is 6. The van der Waals surface area contributed by atoms with Crippen molar-refractivity contribution in [2.45, 2.75) is 19.0 Å². The van der Waals surface area contributed by atoms with Crippen LogP contribution in [-0.4, -0.2) is 46.1 Å². The van der Waals surface area contributed by atoms with E-state index in [1.807, 2.05) is 35.6 Å². The van der Waals surface area contributed by atoms with Crippen molar-refractivity contribution in [1.29, 1.82) is 0 Å². The number of hydrogen-bond donors (Lipinski definition) is 0. The number of para-hydroxylation sites is 1. The molecule has 0 amide bonds. The van der Waals surface area contributed by atoms with Gasteiger partial charge in [-0.15, -0.1) is 10.2 Å². The van der Waals surface area contributed by atoms with E-state index in [1.165, 1.54) is 11.8 Å². The highest BCUT2D eigenvalue weighted by atomic mass is 32.2. The number of nitrogens with zero attached hydrogens (tertiary/aromatic N) is 3. The SMILES string of the molecule is CCOCCOC(=O)CSc1nnc2cc(C)c3ccccc3n12. The Labute approximate surface area is 144 Å². The Morgan fingerprint density at radius 2 is 2.08 bits per heavy atom. The number of esters is 1. The third kappa shape index (κ3) is 3.52. The molecule has 7 heteroatoms. The van der Waals surface area contributed by atoms with Crippen LogP contribution in [0.2, 0.25) is 0 Å². The molecule has 0 saturated carbocycles. The molecule has 24 heavy (non-hydrogen) atoms. The fourth-order valence-electron chi connectivity index (χ4n) is 2.49. The van der Waals surface area contributed by atoms with Gasteiger partial charge >= 0.3 is 5.97 Å². The van der Waals surface area contributed by atoms with Crippen molar-refractivity contribution in [2.75, 3.05) is 25.6 Å². The highest BCUT2D eigenvalue weighted by Gasteiger charge is 2.13. The summed E-state index contributed by atoms with van der Waals surface area (Å²) in [6.45, 7) is 5.27. The van der Waals surface area contributed by atoms with E-state index in [2.05, 4.69) is 23.2 Å². The van der Waals surface area contributed by atoms with Crippen LogP contribution in [-0.2, 0) is 14.3 Å². The molecule has 0 radical (unpaired) electrons. The first kappa shape index (κ1) is 16.7. The van der Waals surface area contributed by atoms with Crippen LogP contribution in [0.25, 0.3) is 16.6 Å². The molecule has 0 unspecified atom stereocenters. The number of fused-ring (bicyclic) bond motifs is 3. The predicted octanol–water partition coefficient (Wildman–Crippen LogP) is 2.86. The first-order chi connectivity index (χ1) is 11.7. The molecule has 126 valence electrons. The van der Waals surface area contributed by atoms with Crippen LogP contribution in [0.3, 0.4) is 0 Å². The zero-order valence-corrected chi connectivity index (χ0v) is 14.5. The molecule has 0 saturated heterocycles. The van der Waals surface area contributed by atoms with Gasteiger partial charge in [0.2, 0.25) is 0 Å². The van der Waals surface area contributed by atoms with Gasteiger partial charge in [0, 0.05) is 12.0 Å².